The average Bonchev–Trinajstić information content (AvgIpc) is 2.87. The van der Waals surface area contributed by atoms with Gasteiger partial charge in [-0.1, -0.05) is 60.1 Å². The summed E-state index contributed by atoms with van der Waals surface area (Å²) in [5, 5.41) is 12.9. The Morgan fingerprint density at radius 2 is 1.70 bits per heavy atom. The lowest BCUT2D eigenvalue weighted by Gasteiger charge is -2.69. The van der Waals surface area contributed by atoms with Gasteiger partial charge in [-0.25, -0.2) is 0 Å². The molecule has 1 amide bonds. The number of amides is 1. The number of carbonyl (C=O) groups excluding carboxylic acids is 3. The second-order valence-corrected chi connectivity index (χ2v) is 16.1. The van der Waals surface area contributed by atoms with Crippen molar-refractivity contribution in [3.05, 3.63) is 23.3 Å². The molecule has 7 atom stereocenters. The number of carbonyl (C=O) groups is 3. The van der Waals surface area contributed by atoms with Crippen LogP contribution in [0.1, 0.15) is 113 Å². The highest BCUT2D eigenvalue weighted by Gasteiger charge is 2.69. The molecule has 0 heterocycles. The van der Waals surface area contributed by atoms with Crippen LogP contribution in [0.3, 0.4) is 0 Å². The lowest BCUT2D eigenvalue weighted by Crippen LogP contribution is -2.64. The summed E-state index contributed by atoms with van der Waals surface area (Å²) >= 11 is 0. The van der Waals surface area contributed by atoms with E-state index in [1.807, 2.05) is 32.9 Å². The molecule has 0 radical (unpaired) electrons. The summed E-state index contributed by atoms with van der Waals surface area (Å²) in [6, 6.07) is 2.20. The fraction of sp³-hybridized carbons (Fsp3) is 0.771. The Labute approximate surface area is 241 Å². The summed E-state index contributed by atoms with van der Waals surface area (Å²) < 4.78 is 0. The molecule has 5 nitrogen and oxygen atoms in total. The summed E-state index contributed by atoms with van der Waals surface area (Å²) in [4.78, 5) is 40.4. The predicted octanol–water partition coefficient (Wildman–Crippen LogP) is 7.12. The molecule has 0 bridgehead atoms. The van der Waals surface area contributed by atoms with Crippen LogP contribution in [0, 0.1) is 61.6 Å². The van der Waals surface area contributed by atoms with Crippen molar-refractivity contribution in [3.63, 3.8) is 0 Å². The highest BCUT2D eigenvalue weighted by atomic mass is 16.1. The Balaban J connectivity index is 1.62. The molecule has 0 aromatic heterocycles. The van der Waals surface area contributed by atoms with Crippen LogP contribution < -0.4 is 5.32 Å². The molecule has 1 N–H and O–H groups in total. The van der Waals surface area contributed by atoms with Crippen LogP contribution in [0.15, 0.2) is 23.3 Å². The second kappa shape index (κ2) is 9.14. The summed E-state index contributed by atoms with van der Waals surface area (Å²) in [7, 11) is 0. The molecule has 0 spiro atoms. The van der Waals surface area contributed by atoms with Gasteiger partial charge in [-0.3, -0.25) is 14.4 Å². The zero-order valence-electron chi connectivity index (χ0n) is 26.1. The molecule has 0 aromatic carbocycles. The maximum atomic E-state index is 14.6. The number of fused-ring (bicyclic) bond motifs is 7. The molecule has 0 aliphatic heterocycles. The fourth-order valence-electron chi connectivity index (χ4n) is 10.8. The predicted molar refractivity (Wildman–Crippen MR) is 157 cm³/mol. The first kappa shape index (κ1) is 29.3. The van der Waals surface area contributed by atoms with Crippen LogP contribution >= 0.6 is 0 Å². The molecule has 3 fully saturated rings. The van der Waals surface area contributed by atoms with E-state index in [1.165, 1.54) is 0 Å². The Morgan fingerprint density at radius 1 is 1.02 bits per heavy atom. The molecule has 5 aliphatic rings. The van der Waals surface area contributed by atoms with Gasteiger partial charge in [0.2, 0.25) is 5.91 Å². The van der Waals surface area contributed by atoms with E-state index in [2.05, 4.69) is 46.0 Å². The molecular weight excluding hydrogens is 496 g/mol. The number of hydrogen-bond donors (Lipinski definition) is 1. The third-order valence-electron chi connectivity index (χ3n) is 13.3. The number of nitrogens with zero attached hydrogens (tertiary/aromatic N) is 1. The first-order valence-electron chi connectivity index (χ1n) is 15.7. The Bertz CT molecular complexity index is 1250. The highest BCUT2D eigenvalue weighted by Crippen LogP contribution is 2.75. The standard InChI is InChI=1S/C35H50N2O3/c1-9-37-27(39)11-13-35-16-14-30(2,3)20-23(35)28-24(38)18-26-32(6)19-22(21-36)29(40)31(4,5)25(32)10-12-33(26,7)34(28,8)15-17-35/h18-19,23,25,28H,9-17,20H2,1-8H3,(H,37,39)/t23?,25-,28?,32-,33+,34+,35+/m0/s1. The van der Waals surface area contributed by atoms with Gasteiger partial charge >= 0.3 is 0 Å². The topological polar surface area (TPSA) is 87.0 Å². The third kappa shape index (κ3) is 3.87. The van der Waals surface area contributed by atoms with Crippen LogP contribution in [0.2, 0.25) is 0 Å². The van der Waals surface area contributed by atoms with Crippen molar-refractivity contribution in [2.24, 2.45) is 50.2 Å². The van der Waals surface area contributed by atoms with Gasteiger partial charge in [-0.15, -0.1) is 0 Å². The Hall–Kier alpha value is -2.22. The molecule has 5 heteroatoms. The van der Waals surface area contributed by atoms with E-state index in [-0.39, 0.29) is 62.5 Å². The zero-order valence-corrected chi connectivity index (χ0v) is 26.1. The number of rotatable bonds is 4. The molecular formula is C35H50N2O3. The molecule has 5 rings (SSSR count). The first-order chi connectivity index (χ1) is 18.5. The van der Waals surface area contributed by atoms with Gasteiger partial charge in [0, 0.05) is 29.7 Å². The molecule has 5 aliphatic carbocycles. The largest absolute Gasteiger partial charge is 0.356 e. The third-order valence-corrected chi connectivity index (χ3v) is 13.3. The van der Waals surface area contributed by atoms with E-state index in [0.717, 1.165) is 56.9 Å². The van der Waals surface area contributed by atoms with E-state index in [4.69, 9.17) is 0 Å². The van der Waals surface area contributed by atoms with Gasteiger partial charge in [-0.2, -0.15) is 5.26 Å². The van der Waals surface area contributed by atoms with Crippen molar-refractivity contribution in [2.75, 3.05) is 6.54 Å². The van der Waals surface area contributed by atoms with Gasteiger partial charge in [0.05, 0.1) is 5.57 Å². The monoisotopic (exact) mass is 546 g/mol. The second-order valence-electron chi connectivity index (χ2n) is 16.1. The Kier molecular flexibility index (Phi) is 6.69. The Morgan fingerprint density at radius 3 is 2.35 bits per heavy atom. The van der Waals surface area contributed by atoms with Crippen molar-refractivity contribution in [2.45, 2.75) is 113 Å². The maximum absolute atomic E-state index is 14.6. The lowest BCUT2D eigenvalue weighted by molar-refractivity contribution is -0.173. The summed E-state index contributed by atoms with van der Waals surface area (Å²) in [6.45, 7) is 18.3. The minimum Gasteiger partial charge on any atom is -0.356 e. The number of nitrogens with one attached hydrogen (secondary N) is 1. The van der Waals surface area contributed by atoms with Gasteiger partial charge < -0.3 is 5.32 Å². The quantitative estimate of drug-likeness (QED) is 0.407. The van der Waals surface area contributed by atoms with Crippen LogP contribution in [-0.2, 0) is 14.4 Å². The smallest absolute Gasteiger partial charge is 0.220 e. The molecule has 0 saturated heterocycles. The van der Waals surface area contributed by atoms with E-state index in [1.54, 1.807) is 0 Å². The number of allylic oxidation sites excluding steroid dienone is 4. The molecule has 218 valence electrons. The van der Waals surface area contributed by atoms with E-state index >= 15 is 0 Å². The van der Waals surface area contributed by atoms with Gasteiger partial charge in [0.1, 0.15) is 6.07 Å². The average molecular weight is 547 g/mol. The summed E-state index contributed by atoms with van der Waals surface area (Å²) in [6.07, 6.45) is 12.4. The molecule has 3 saturated carbocycles. The zero-order chi connectivity index (χ0) is 29.5. The first-order valence-corrected chi connectivity index (χ1v) is 15.7. The summed E-state index contributed by atoms with van der Waals surface area (Å²) in [5.74, 6) is 0.548. The fourth-order valence-corrected chi connectivity index (χ4v) is 10.8. The van der Waals surface area contributed by atoms with Gasteiger partial charge in [0.15, 0.2) is 11.6 Å². The van der Waals surface area contributed by atoms with Gasteiger partial charge in [0.25, 0.3) is 0 Å². The van der Waals surface area contributed by atoms with Crippen LogP contribution in [0.25, 0.3) is 0 Å². The normalized spacial score (nSPS) is 43.1. The van der Waals surface area contributed by atoms with Crippen molar-refractivity contribution in [1.82, 2.24) is 5.32 Å². The summed E-state index contributed by atoms with van der Waals surface area (Å²) in [5.41, 5.74) is 0.0402. The van der Waals surface area contributed by atoms with Gasteiger partial charge in [-0.05, 0) is 97.9 Å². The molecule has 0 aromatic rings. The minimum absolute atomic E-state index is 0.0242. The number of Topliss-reactive ketones (excluding diaryl/α,β-unsaturated/α-hetero) is 1. The maximum Gasteiger partial charge on any atom is 0.220 e. The molecule has 2 unspecified atom stereocenters. The van der Waals surface area contributed by atoms with Crippen molar-refractivity contribution >= 4 is 17.5 Å². The van der Waals surface area contributed by atoms with Crippen molar-refractivity contribution < 1.29 is 14.4 Å². The minimum atomic E-state index is -0.647. The van der Waals surface area contributed by atoms with Crippen LogP contribution in [-0.4, -0.2) is 24.0 Å². The molecule has 40 heavy (non-hydrogen) atoms. The van der Waals surface area contributed by atoms with Crippen molar-refractivity contribution in [3.8, 4) is 6.07 Å². The van der Waals surface area contributed by atoms with Crippen molar-refractivity contribution in [1.29, 1.82) is 5.26 Å². The number of hydrogen-bond acceptors (Lipinski definition) is 4. The van der Waals surface area contributed by atoms with E-state index in [9.17, 15) is 19.6 Å². The number of nitriles is 1. The lowest BCUT2D eigenvalue weighted by atomic mass is 9.34. The SMILES string of the molecule is CCNC(=O)CC[C@]12CCC(C)(C)CC1C1C(=O)C=C3[C@@]4(C)C=C(C#N)C(=O)C(C)(C)[C@@H]4CC[C@@]3(C)[C@]1(C)CC2. The van der Waals surface area contributed by atoms with E-state index < -0.39 is 10.8 Å². The van der Waals surface area contributed by atoms with Crippen LogP contribution in [0.5, 0.6) is 0 Å². The van der Waals surface area contributed by atoms with E-state index in [0.29, 0.717) is 13.0 Å². The number of ketones is 2. The highest BCUT2D eigenvalue weighted by molar-refractivity contribution is 6.04. The van der Waals surface area contributed by atoms with Crippen LogP contribution in [0.4, 0.5) is 0 Å².